The van der Waals surface area contributed by atoms with Gasteiger partial charge in [0.1, 0.15) is 11.7 Å². The third kappa shape index (κ3) is 5.65. The van der Waals surface area contributed by atoms with E-state index in [0.29, 0.717) is 0 Å². The third-order valence-corrected chi connectivity index (χ3v) is 5.68. The summed E-state index contributed by atoms with van der Waals surface area (Å²) in [6, 6.07) is -0.734. The van der Waals surface area contributed by atoms with Crippen molar-refractivity contribution in [2.24, 2.45) is 5.92 Å². The second kappa shape index (κ2) is 8.71. The van der Waals surface area contributed by atoms with Crippen LogP contribution in [0, 0.1) is 5.92 Å². The van der Waals surface area contributed by atoms with Crippen molar-refractivity contribution in [1.29, 1.82) is 0 Å². The molecule has 1 heterocycles. The van der Waals surface area contributed by atoms with E-state index in [-0.39, 0.29) is 31.0 Å². The molecule has 1 saturated carbocycles. The van der Waals surface area contributed by atoms with E-state index in [2.05, 4.69) is 20.3 Å². The Morgan fingerprint density at radius 3 is 2.41 bits per heavy atom. The lowest BCUT2D eigenvalue weighted by molar-refractivity contribution is -0.171. The highest BCUT2D eigenvalue weighted by Crippen LogP contribution is 2.41. The molecule has 1 fully saturated rings. The van der Waals surface area contributed by atoms with Crippen molar-refractivity contribution in [3.05, 3.63) is 17.5 Å². The molecule has 5 nitrogen and oxygen atoms in total. The zero-order valence-corrected chi connectivity index (χ0v) is 17.0. The normalized spacial score (nSPS) is 26.3. The molecule has 2 N–H and O–H groups in total. The number of hydrogen-bond acceptors (Lipinski definition) is 5. The summed E-state index contributed by atoms with van der Waals surface area (Å²) in [5.41, 5.74) is -0.421. The first kappa shape index (κ1) is 24.6. The fourth-order valence-corrected chi connectivity index (χ4v) is 3.61. The highest BCUT2D eigenvalue weighted by molar-refractivity contribution is 5.65. The van der Waals surface area contributed by atoms with Crippen molar-refractivity contribution in [3.8, 4) is 0 Å². The van der Waals surface area contributed by atoms with E-state index in [1.165, 1.54) is 0 Å². The van der Waals surface area contributed by atoms with E-state index in [1.807, 2.05) is 0 Å². The third-order valence-electron chi connectivity index (χ3n) is 5.68. The molecule has 180 valence electrons. The van der Waals surface area contributed by atoms with Crippen molar-refractivity contribution in [1.82, 2.24) is 15.0 Å². The molecule has 0 saturated heterocycles. The molecule has 0 spiro atoms. The number of anilines is 1. The van der Waals surface area contributed by atoms with Gasteiger partial charge in [0.15, 0.2) is 11.9 Å². The number of alkyl halides is 7. The zero-order chi connectivity index (χ0) is 23.9. The van der Waals surface area contributed by atoms with Crippen LogP contribution < -0.4 is 5.32 Å². The predicted octanol–water partition coefficient (Wildman–Crippen LogP) is 5.07. The Morgan fingerprint density at radius 1 is 1.12 bits per heavy atom. The second-order valence-electron chi connectivity index (χ2n) is 8.31. The molecule has 1 aromatic rings. The summed E-state index contributed by atoms with van der Waals surface area (Å²) in [6.45, 7) is 0.962. The van der Waals surface area contributed by atoms with Gasteiger partial charge in [-0.1, -0.05) is 6.92 Å². The number of hydrogen-bond donors (Lipinski definition) is 2. The molecule has 32 heavy (non-hydrogen) atoms. The van der Waals surface area contributed by atoms with E-state index in [4.69, 9.17) is 0 Å². The van der Waals surface area contributed by atoms with Crippen LogP contribution in [0.15, 0.2) is 5.83 Å². The highest BCUT2D eigenvalue weighted by atomic mass is 19.4. The lowest BCUT2D eigenvalue weighted by Gasteiger charge is -2.27. The number of aromatic nitrogens is 3. The number of rotatable bonds is 6. The number of nitrogens with zero attached hydrogens (tertiary/aromatic N) is 3. The number of halogens is 8. The van der Waals surface area contributed by atoms with E-state index in [1.54, 1.807) is 0 Å². The second-order valence-corrected chi connectivity index (χ2v) is 8.31. The minimum Gasteiger partial charge on any atom is -0.380 e. The molecule has 1 aromatic heterocycles. The van der Waals surface area contributed by atoms with Gasteiger partial charge in [-0.3, -0.25) is 0 Å². The summed E-state index contributed by atoms with van der Waals surface area (Å²) in [5.74, 6) is -10.7. The molecule has 13 heteroatoms. The quantitative estimate of drug-likeness (QED) is 0.564. The van der Waals surface area contributed by atoms with E-state index < -0.39 is 79.0 Å². The van der Waals surface area contributed by atoms with Crippen molar-refractivity contribution in [2.75, 3.05) is 5.32 Å². The molecule has 0 amide bonds. The van der Waals surface area contributed by atoms with Crippen LogP contribution in [-0.4, -0.2) is 50.2 Å². The van der Waals surface area contributed by atoms with Gasteiger partial charge in [-0.25, -0.2) is 26.9 Å². The van der Waals surface area contributed by atoms with Crippen LogP contribution in [0.25, 0.3) is 5.57 Å². The Hall–Kier alpha value is -2.05. The van der Waals surface area contributed by atoms with Gasteiger partial charge in [0.2, 0.25) is 11.9 Å². The van der Waals surface area contributed by atoms with E-state index >= 15 is 0 Å². The Morgan fingerprint density at radius 2 is 1.81 bits per heavy atom. The highest BCUT2D eigenvalue weighted by Gasteiger charge is 2.46. The average Bonchev–Trinajstić information content (AvgIpc) is 3.01. The molecule has 1 unspecified atom stereocenters. The predicted molar refractivity (Wildman–Crippen MR) is 97.8 cm³/mol. The standard InChI is InChI=1S/C19H22F8N4O/c1-9(19(25,26)27)2-3-12-29-15(11-5-7-18(23,24)14(32)13(11)20)31-16(30-12)28-10-4-6-17(21,22)8-10/h9-10,14,32H,2-8H2,1H3,(H,28,29,30,31)/t9-,10+,14?/m0/s1. The van der Waals surface area contributed by atoms with Crippen LogP contribution >= 0.6 is 0 Å². The maximum Gasteiger partial charge on any atom is 0.391 e. The first-order valence-corrected chi connectivity index (χ1v) is 10.1. The van der Waals surface area contributed by atoms with Crippen LogP contribution in [-0.2, 0) is 6.42 Å². The smallest absolute Gasteiger partial charge is 0.380 e. The molecule has 0 aliphatic heterocycles. The Labute approximate surface area is 178 Å². The van der Waals surface area contributed by atoms with Gasteiger partial charge >= 0.3 is 6.18 Å². The number of allylic oxidation sites excluding steroid dienone is 1. The molecule has 3 rings (SSSR count). The summed E-state index contributed by atoms with van der Waals surface area (Å²) in [7, 11) is 0. The largest absolute Gasteiger partial charge is 0.391 e. The Balaban J connectivity index is 1.91. The van der Waals surface area contributed by atoms with Crippen molar-refractivity contribution in [2.45, 2.75) is 82.0 Å². The molecule has 0 aromatic carbocycles. The SMILES string of the molecule is C[C@@H](CCc1nc(N[C@@H]2CCC(F)(F)C2)nc(C2=C(F)C(O)C(F)(F)CC2)n1)C(F)(F)F. The fourth-order valence-electron chi connectivity index (χ4n) is 3.61. The maximum absolute atomic E-state index is 14.4. The lowest BCUT2D eigenvalue weighted by Crippen LogP contribution is -2.37. The number of aliphatic hydroxyl groups is 1. The van der Waals surface area contributed by atoms with Crippen LogP contribution in [0.3, 0.4) is 0 Å². The first-order valence-electron chi connectivity index (χ1n) is 10.1. The summed E-state index contributed by atoms with van der Waals surface area (Å²) in [4.78, 5) is 11.8. The molecule has 2 aliphatic rings. The minimum atomic E-state index is -4.46. The van der Waals surface area contributed by atoms with Crippen LogP contribution in [0.2, 0.25) is 0 Å². The number of aryl methyl sites for hydroxylation is 1. The maximum atomic E-state index is 14.4. The van der Waals surface area contributed by atoms with E-state index in [9.17, 15) is 40.2 Å². The first-order chi connectivity index (χ1) is 14.7. The average molecular weight is 474 g/mol. The van der Waals surface area contributed by atoms with E-state index in [0.717, 1.165) is 6.92 Å². The van der Waals surface area contributed by atoms with Crippen molar-refractivity contribution >= 4 is 11.5 Å². The molecule has 0 bridgehead atoms. The molecular weight excluding hydrogens is 452 g/mol. The van der Waals surface area contributed by atoms with Gasteiger partial charge in [-0.15, -0.1) is 0 Å². The van der Waals surface area contributed by atoms with Crippen LogP contribution in [0.5, 0.6) is 0 Å². The van der Waals surface area contributed by atoms with Gasteiger partial charge < -0.3 is 10.4 Å². The van der Waals surface area contributed by atoms with Crippen molar-refractivity contribution in [3.63, 3.8) is 0 Å². The van der Waals surface area contributed by atoms with Crippen molar-refractivity contribution < 1.29 is 40.2 Å². The van der Waals surface area contributed by atoms with Gasteiger partial charge in [-0.2, -0.15) is 23.1 Å². The van der Waals surface area contributed by atoms with Crippen LogP contribution in [0.1, 0.15) is 57.1 Å². The van der Waals surface area contributed by atoms with Gasteiger partial charge in [0, 0.05) is 37.3 Å². The van der Waals surface area contributed by atoms with Crippen LogP contribution in [0.4, 0.5) is 41.1 Å². The number of aliphatic hydroxyl groups excluding tert-OH is 1. The summed E-state index contributed by atoms with van der Waals surface area (Å²) in [6.07, 6.45) is -10.1. The summed E-state index contributed by atoms with van der Waals surface area (Å²) >= 11 is 0. The Kier molecular flexibility index (Phi) is 6.69. The topological polar surface area (TPSA) is 70.9 Å². The zero-order valence-electron chi connectivity index (χ0n) is 17.0. The van der Waals surface area contributed by atoms with Gasteiger partial charge in [0.05, 0.1) is 5.92 Å². The summed E-state index contributed by atoms with van der Waals surface area (Å²) < 4.78 is 107. The fraction of sp³-hybridized carbons (Fsp3) is 0.737. The summed E-state index contributed by atoms with van der Waals surface area (Å²) in [5, 5.41) is 12.2. The monoisotopic (exact) mass is 474 g/mol. The van der Waals surface area contributed by atoms with Gasteiger partial charge in [0.25, 0.3) is 5.92 Å². The molecular formula is C19H22F8N4O. The Bertz CT molecular complexity index is 873. The molecule has 3 atom stereocenters. The lowest BCUT2D eigenvalue weighted by atomic mass is 9.92. The van der Waals surface area contributed by atoms with Gasteiger partial charge in [-0.05, 0) is 19.3 Å². The minimum absolute atomic E-state index is 0.0798. The molecule has 0 radical (unpaired) electrons. The molecule has 2 aliphatic carbocycles. The number of nitrogens with one attached hydrogen (secondary N) is 1.